The number of rotatable bonds is 6. The SMILES string of the molecule is Cc1nc(NS(=O)(=O)c2cc(Cl)c(N[C@H]3CCCC[C@@H]3N(C)C)cc2F)sc1Cl. The van der Waals surface area contributed by atoms with Gasteiger partial charge in [0.05, 0.1) is 16.4 Å². The van der Waals surface area contributed by atoms with Gasteiger partial charge in [0.1, 0.15) is 15.0 Å². The minimum absolute atomic E-state index is 0.0706. The van der Waals surface area contributed by atoms with Crippen molar-refractivity contribution in [2.75, 3.05) is 24.1 Å². The number of nitrogens with one attached hydrogen (secondary N) is 2. The fourth-order valence-corrected chi connectivity index (χ4v) is 6.09. The summed E-state index contributed by atoms with van der Waals surface area (Å²) in [5.74, 6) is -0.888. The van der Waals surface area contributed by atoms with Crippen LogP contribution in [0.1, 0.15) is 31.4 Å². The van der Waals surface area contributed by atoms with Crippen LogP contribution in [0.25, 0.3) is 0 Å². The third kappa shape index (κ3) is 5.14. The molecule has 29 heavy (non-hydrogen) atoms. The Hall–Kier alpha value is -1.13. The van der Waals surface area contributed by atoms with E-state index in [2.05, 4.69) is 19.9 Å². The number of nitrogens with zero attached hydrogens (tertiary/aromatic N) is 2. The van der Waals surface area contributed by atoms with Crippen LogP contribution in [0.2, 0.25) is 9.36 Å². The lowest BCUT2D eigenvalue weighted by Gasteiger charge is -2.37. The maximum absolute atomic E-state index is 14.8. The van der Waals surface area contributed by atoms with Crippen LogP contribution in [0.5, 0.6) is 0 Å². The summed E-state index contributed by atoms with van der Waals surface area (Å²) in [4.78, 5) is 5.62. The number of aryl methyl sites for hydroxylation is 1. The number of thiazole rings is 1. The van der Waals surface area contributed by atoms with Gasteiger partial charge in [0, 0.05) is 12.1 Å². The molecule has 11 heteroatoms. The number of benzene rings is 1. The summed E-state index contributed by atoms with van der Waals surface area (Å²) in [7, 11) is -0.171. The highest BCUT2D eigenvalue weighted by atomic mass is 35.5. The van der Waals surface area contributed by atoms with Gasteiger partial charge in [-0.2, -0.15) is 0 Å². The molecule has 2 N–H and O–H groups in total. The van der Waals surface area contributed by atoms with Gasteiger partial charge in [-0.3, -0.25) is 4.72 Å². The summed E-state index contributed by atoms with van der Waals surface area (Å²) in [5, 5.41) is 3.52. The van der Waals surface area contributed by atoms with Crippen molar-refractivity contribution in [3.8, 4) is 0 Å². The van der Waals surface area contributed by atoms with E-state index in [-0.39, 0.29) is 16.2 Å². The zero-order chi connectivity index (χ0) is 21.3. The average Bonchev–Trinajstić information content (AvgIpc) is 2.94. The maximum Gasteiger partial charge on any atom is 0.266 e. The molecule has 0 saturated heterocycles. The third-order valence-corrected chi connectivity index (χ3v) is 8.17. The molecule has 0 aliphatic heterocycles. The Bertz CT molecular complexity index is 978. The highest BCUT2D eigenvalue weighted by Gasteiger charge is 2.28. The van der Waals surface area contributed by atoms with Crippen molar-refractivity contribution in [2.45, 2.75) is 49.6 Å². The second-order valence-electron chi connectivity index (χ2n) is 7.31. The molecule has 1 aliphatic rings. The first-order valence-corrected chi connectivity index (χ1v) is 12.2. The van der Waals surface area contributed by atoms with Crippen molar-refractivity contribution in [1.82, 2.24) is 9.88 Å². The van der Waals surface area contributed by atoms with Crippen molar-refractivity contribution < 1.29 is 12.8 Å². The van der Waals surface area contributed by atoms with Gasteiger partial charge in [-0.05, 0) is 46.0 Å². The zero-order valence-corrected chi connectivity index (χ0v) is 19.4. The molecule has 2 aromatic rings. The Kier molecular flexibility index (Phi) is 6.95. The van der Waals surface area contributed by atoms with Crippen molar-refractivity contribution in [3.63, 3.8) is 0 Å². The highest BCUT2D eigenvalue weighted by molar-refractivity contribution is 7.93. The summed E-state index contributed by atoms with van der Waals surface area (Å²) in [6.45, 7) is 1.65. The van der Waals surface area contributed by atoms with Gasteiger partial charge >= 0.3 is 0 Å². The van der Waals surface area contributed by atoms with E-state index in [1.807, 2.05) is 14.1 Å². The standard InChI is InChI=1S/C18H23Cl2FN4O2S2/c1-10-17(20)28-18(22-10)24-29(26,27)16-8-11(19)14(9-12(16)21)23-13-6-4-5-7-15(13)25(2)3/h8-9,13,15,23H,4-7H2,1-3H3,(H,22,24)/t13-,15-/m0/s1. The molecule has 160 valence electrons. The summed E-state index contributed by atoms with van der Waals surface area (Å²) < 4.78 is 42.6. The molecule has 6 nitrogen and oxygen atoms in total. The molecule has 0 bridgehead atoms. The Morgan fingerprint density at radius 1 is 1.24 bits per heavy atom. The van der Waals surface area contributed by atoms with Gasteiger partial charge < -0.3 is 10.2 Å². The van der Waals surface area contributed by atoms with Crippen LogP contribution < -0.4 is 10.0 Å². The Balaban J connectivity index is 1.85. The number of likely N-dealkylation sites (N-methyl/N-ethyl adjacent to an activating group) is 1. The first kappa shape index (κ1) is 22.6. The molecule has 2 atom stereocenters. The lowest BCUT2D eigenvalue weighted by atomic mass is 9.89. The molecule has 0 unspecified atom stereocenters. The molecule has 1 heterocycles. The Labute approximate surface area is 184 Å². The van der Waals surface area contributed by atoms with Gasteiger partial charge in [-0.25, -0.2) is 17.8 Å². The molecular weight excluding hydrogens is 458 g/mol. The van der Waals surface area contributed by atoms with Crippen molar-refractivity contribution >= 4 is 55.4 Å². The third-order valence-electron chi connectivity index (χ3n) is 5.01. The van der Waals surface area contributed by atoms with Crippen molar-refractivity contribution in [2.24, 2.45) is 0 Å². The second kappa shape index (κ2) is 8.93. The van der Waals surface area contributed by atoms with Crippen LogP contribution in [0.3, 0.4) is 0 Å². The first-order valence-electron chi connectivity index (χ1n) is 9.16. The Morgan fingerprint density at radius 3 is 2.55 bits per heavy atom. The molecule has 1 aromatic carbocycles. The lowest BCUT2D eigenvalue weighted by molar-refractivity contribution is 0.211. The van der Waals surface area contributed by atoms with Gasteiger partial charge in [0.15, 0.2) is 5.13 Å². The smallest absolute Gasteiger partial charge is 0.266 e. The summed E-state index contributed by atoms with van der Waals surface area (Å²) in [6, 6.07) is 2.66. The van der Waals surface area contributed by atoms with E-state index >= 15 is 0 Å². The van der Waals surface area contributed by atoms with E-state index < -0.39 is 20.7 Å². The number of sulfonamides is 1. The zero-order valence-electron chi connectivity index (χ0n) is 16.3. The van der Waals surface area contributed by atoms with E-state index in [4.69, 9.17) is 23.2 Å². The molecule has 3 rings (SSSR count). The van der Waals surface area contributed by atoms with E-state index in [0.717, 1.165) is 49.2 Å². The second-order valence-corrected chi connectivity index (χ2v) is 11.0. The van der Waals surface area contributed by atoms with E-state index in [0.29, 0.717) is 21.8 Å². The normalized spacial score (nSPS) is 20.1. The predicted molar refractivity (Wildman–Crippen MR) is 117 cm³/mol. The van der Waals surface area contributed by atoms with Crippen molar-refractivity contribution in [3.05, 3.63) is 33.0 Å². The minimum atomic E-state index is -4.20. The molecule has 1 saturated carbocycles. The van der Waals surface area contributed by atoms with E-state index in [9.17, 15) is 12.8 Å². The van der Waals surface area contributed by atoms with Crippen LogP contribution in [-0.4, -0.2) is 44.5 Å². The Morgan fingerprint density at radius 2 is 1.93 bits per heavy atom. The number of anilines is 2. The first-order chi connectivity index (χ1) is 13.6. The molecule has 0 radical (unpaired) electrons. The largest absolute Gasteiger partial charge is 0.379 e. The molecule has 1 aromatic heterocycles. The van der Waals surface area contributed by atoms with Gasteiger partial charge in [0.25, 0.3) is 10.0 Å². The molecular formula is C18H23Cl2FN4O2S2. The van der Waals surface area contributed by atoms with E-state index in [1.54, 1.807) is 6.92 Å². The summed E-state index contributed by atoms with van der Waals surface area (Å²) >= 11 is 13.2. The van der Waals surface area contributed by atoms with Crippen molar-refractivity contribution in [1.29, 1.82) is 0 Å². The lowest BCUT2D eigenvalue weighted by Crippen LogP contribution is -2.45. The van der Waals surface area contributed by atoms with Crippen LogP contribution in [0.4, 0.5) is 15.2 Å². The fourth-order valence-electron chi connectivity index (χ4n) is 3.53. The number of hydrogen-bond acceptors (Lipinski definition) is 6. The van der Waals surface area contributed by atoms with Crippen LogP contribution >= 0.6 is 34.5 Å². The minimum Gasteiger partial charge on any atom is -0.379 e. The summed E-state index contributed by atoms with van der Waals surface area (Å²) in [6.07, 6.45) is 4.20. The quantitative estimate of drug-likeness (QED) is 0.609. The van der Waals surface area contributed by atoms with Crippen LogP contribution in [0, 0.1) is 12.7 Å². The summed E-state index contributed by atoms with van der Waals surface area (Å²) in [5.41, 5.74) is 0.880. The molecule has 0 spiro atoms. The highest BCUT2D eigenvalue weighted by Crippen LogP contribution is 2.34. The van der Waals surface area contributed by atoms with E-state index in [1.165, 1.54) is 0 Å². The molecule has 1 fully saturated rings. The van der Waals surface area contributed by atoms with Gasteiger partial charge in [-0.1, -0.05) is 47.4 Å². The molecule has 1 aliphatic carbocycles. The average molecular weight is 481 g/mol. The van der Waals surface area contributed by atoms with Crippen LogP contribution in [0.15, 0.2) is 17.0 Å². The number of hydrogen-bond donors (Lipinski definition) is 2. The monoisotopic (exact) mass is 480 g/mol. The fraction of sp³-hybridized carbons (Fsp3) is 0.500. The van der Waals surface area contributed by atoms with Gasteiger partial charge in [-0.15, -0.1) is 0 Å². The topological polar surface area (TPSA) is 74.3 Å². The predicted octanol–water partition coefficient (Wildman–Crippen LogP) is 4.98. The number of aromatic nitrogens is 1. The van der Waals surface area contributed by atoms with Gasteiger partial charge in [0.2, 0.25) is 0 Å². The molecule has 0 amide bonds. The van der Waals surface area contributed by atoms with Crippen LogP contribution in [-0.2, 0) is 10.0 Å². The number of halogens is 3. The maximum atomic E-state index is 14.8.